The van der Waals surface area contributed by atoms with Gasteiger partial charge in [-0.15, -0.1) is 0 Å². The summed E-state index contributed by atoms with van der Waals surface area (Å²) in [5.74, 6) is 0.167. The summed E-state index contributed by atoms with van der Waals surface area (Å²) < 4.78 is 0. The molecule has 5 heteroatoms. The molecule has 0 aliphatic heterocycles. The van der Waals surface area contributed by atoms with Crippen LogP contribution in [-0.2, 0) is 17.6 Å². The quantitative estimate of drug-likeness (QED) is 0.859. The van der Waals surface area contributed by atoms with E-state index in [0.29, 0.717) is 6.54 Å². The summed E-state index contributed by atoms with van der Waals surface area (Å²) >= 11 is 0. The number of aryl methyl sites for hydroxylation is 1. The Bertz CT molecular complexity index is 434. The molecule has 0 radical (unpaired) electrons. The Hall–Kier alpha value is -1.65. The molecular formula is C13H19N3O2. The summed E-state index contributed by atoms with van der Waals surface area (Å²) in [4.78, 5) is 21.4. The minimum Gasteiger partial charge on any atom is -0.481 e. The van der Waals surface area contributed by atoms with Gasteiger partial charge in [0.05, 0.1) is 6.42 Å². The van der Waals surface area contributed by atoms with Gasteiger partial charge in [-0.05, 0) is 32.6 Å². The van der Waals surface area contributed by atoms with E-state index in [4.69, 9.17) is 5.11 Å². The minimum absolute atomic E-state index is 0.145. The second-order valence-corrected chi connectivity index (χ2v) is 4.55. The molecule has 1 heterocycles. The van der Waals surface area contributed by atoms with Gasteiger partial charge in [0, 0.05) is 24.3 Å². The molecule has 0 saturated heterocycles. The van der Waals surface area contributed by atoms with Crippen LogP contribution in [0.2, 0.25) is 0 Å². The maximum absolute atomic E-state index is 10.7. The maximum atomic E-state index is 10.7. The highest BCUT2D eigenvalue weighted by atomic mass is 16.4. The van der Waals surface area contributed by atoms with E-state index >= 15 is 0 Å². The smallest absolute Gasteiger partial charge is 0.305 e. The Kier molecular flexibility index (Phi) is 4.12. The van der Waals surface area contributed by atoms with Crippen LogP contribution in [-0.4, -0.2) is 34.1 Å². The van der Waals surface area contributed by atoms with E-state index in [1.54, 1.807) is 6.33 Å². The third kappa shape index (κ3) is 2.78. The third-order valence-corrected chi connectivity index (χ3v) is 3.38. The van der Waals surface area contributed by atoms with Gasteiger partial charge in [-0.3, -0.25) is 4.79 Å². The number of fused-ring (bicyclic) bond motifs is 1. The van der Waals surface area contributed by atoms with Crippen LogP contribution in [0.4, 0.5) is 5.82 Å². The van der Waals surface area contributed by atoms with Crippen LogP contribution in [0.25, 0.3) is 0 Å². The van der Waals surface area contributed by atoms with Crippen molar-refractivity contribution in [3.05, 3.63) is 17.6 Å². The monoisotopic (exact) mass is 249 g/mol. The van der Waals surface area contributed by atoms with Crippen LogP contribution in [0.3, 0.4) is 0 Å². The zero-order valence-electron chi connectivity index (χ0n) is 10.7. The van der Waals surface area contributed by atoms with Gasteiger partial charge in [0.1, 0.15) is 12.1 Å². The summed E-state index contributed by atoms with van der Waals surface area (Å²) in [5.41, 5.74) is 2.36. The Balaban J connectivity index is 2.22. The van der Waals surface area contributed by atoms with Crippen molar-refractivity contribution in [1.82, 2.24) is 9.97 Å². The molecule has 0 bridgehead atoms. The van der Waals surface area contributed by atoms with Gasteiger partial charge in [-0.1, -0.05) is 0 Å². The van der Waals surface area contributed by atoms with Gasteiger partial charge >= 0.3 is 5.97 Å². The number of anilines is 1. The lowest BCUT2D eigenvalue weighted by molar-refractivity contribution is -0.136. The molecule has 1 aliphatic rings. The Morgan fingerprint density at radius 2 is 2.17 bits per heavy atom. The number of hydrogen-bond donors (Lipinski definition) is 1. The van der Waals surface area contributed by atoms with Crippen LogP contribution < -0.4 is 4.90 Å². The Labute approximate surface area is 107 Å². The second kappa shape index (κ2) is 5.80. The predicted molar refractivity (Wildman–Crippen MR) is 68.8 cm³/mol. The molecule has 0 amide bonds. The van der Waals surface area contributed by atoms with E-state index in [2.05, 4.69) is 9.97 Å². The highest BCUT2D eigenvalue weighted by molar-refractivity contribution is 5.67. The van der Waals surface area contributed by atoms with Gasteiger partial charge in [0.15, 0.2) is 0 Å². The molecule has 5 nitrogen and oxygen atoms in total. The molecule has 2 rings (SSSR count). The molecule has 0 fully saturated rings. The first-order valence-corrected chi connectivity index (χ1v) is 6.52. The summed E-state index contributed by atoms with van der Waals surface area (Å²) in [5, 5.41) is 8.78. The molecule has 98 valence electrons. The van der Waals surface area contributed by atoms with Gasteiger partial charge in [0.2, 0.25) is 0 Å². The molecule has 0 saturated carbocycles. The number of rotatable bonds is 5. The number of carboxylic acids is 1. The Morgan fingerprint density at radius 1 is 1.39 bits per heavy atom. The van der Waals surface area contributed by atoms with Crippen molar-refractivity contribution < 1.29 is 9.90 Å². The fourth-order valence-corrected chi connectivity index (χ4v) is 2.42. The summed E-state index contributed by atoms with van der Waals surface area (Å²) in [6.45, 7) is 3.31. The van der Waals surface area contributed by atoms with Crippen molar-refractivity contribution in [2.24, 2.45) is 0 Å². The number of hydrogen-bond acceptors (Lipinski definition) is 4. The standard InChI is InChI=1S/C13H19N3O2/c1-2-16(8-7-12(17)18)13-10-5-3-4-6-11(10)14-9-15-13/h9H,2-8H2,1H3,(H,17,18). The van der Waals surface area contributed by atoms with Crippen molar-refractivity contribution in [2.75, 3.05) is 18.0 Å². The third-order valence-electron chi connectivity index (χ3n) is 3.38. The van der Waals surface area contributed by atoms with Gasteiger partial charge in [-0.25, -0.2) is 9.97 Å². The predicted octanol–water partition coefficient (Wildman–Crippen LogP) is 1.66. The molecule has 0 aromatic carbocycles. The van der Waals surface area contributed by atoms with E-state index in [-0.39, 0.29) is 6.42 Å². The topological polar surface area (TPSA) is 66.3 Å². The van der Waals surface area contributed by atoms with Crippen molar-refractivity contribution in [1.29, 1.82) is 0 Å². The molecule has 1 N–H and O–H groups in total. The van der Waals surface area contributed by atoms with Crippen molar-refractivity contribution in [3.63, 3.8) is 0 Å². The first-order valence-electron chi connectivity index (χ1n) is 6.52. The van der Waals surface area contributed by atoms with E-state index < -0.39 is 5.97 Å². The summed E-state index contributed by atoms with van der Waals surface area (Å²) in [7, 11) is 0. The number of carbonyl (C=O) groups is 1. The van der Waals surface area contributed by atoms with Crippen LogP contribution >= 0.6 is 0 Å². The van der Waals surface area contributed by atoms with Crippen molar-refractivity contribution in [3.8, 4) is 0 Å². The minimum atomic E-state index is -0.767. The van der Waals surface area contributed by atoms with E-state index in [1.165, 1.54) is 18.4 Å². The second-order valence-electron chi connectivity index (χ2n) is 4.55. The zero-order chi connectivity index (χ0) is 13.0. The fraction of sp³-hybridized carbons (Fsp3) is 0.615. The number of carboxylic acid groups (broad SMARTS) is 1. The first kappa shape index (κ1) is 12.8. The molecular weight excluding hydrogens is 230 g/mol. The summed E-state index contributed by atoms with van der Waals surface area (Å²) in [6, 6.07) is 0. The SMILES string of the molecule is CCN(CCC(=O)O)c1ncnc2c1CCCC2. The van der Waals surface area contributed by atoms with Gasteiger partial charge in [-0.2, -0.15) is 0 Å². The van der Waals surface area contributed by atoms with Crippen LogP contribution in [0, 0.1) is 0 Å². The largest absolute Gasteiger partial charge is 0.481 e. The average molecular weight is 249 g/mol. The fourth-order valence-electron chi connectivity index (χ4n) is 2.42. The van der Waals surface area contributed by atoms with Gasteiger partial charge < -0.3 is 10.0 Å². The average Bonchev–Trinajstić information content (AvgIpc) is 2.39. The summed E-state index contributed by atoms with van der Waals surface area (Å²) in [6.07, 6.45) is 6.13. The van der Waals surface area contributed by atoms with E-state index in [9.17, 15) is 4.79 Å². The number of nitrogens with zero attached hydrogens (tertiary/aromatic N) is 3. The molecule has 1 aliphatic carbocycles. The molecule has 1 aromatic rings. The van der Waals surface area contributed by atoms with Crippen molar-refractivity contribution in [2.45, 2.75) is 39.0 Å². The lowest BCUT2D eigenvalue weighted by Crippen LogP contribution is -2.29. The van der Waals surface area contributed by atoms with Crippen LogP contribution in [0.1, 0.15) is 37.4 Å². The highest BCUT2D eigenvalue weighted by Gasteiger charge is 2.19. The molecule has 0 atom stereocenters. The first-order chi connectivity index (χ1) is 8.72. The normalized spacial score (nSPS) is 14.1. The van der Waals surface area contributed by atoms with Crippen LogP contribution in [0.15, 0.2) is 6.33 Å². The number of aromatic nitrogens is 2. The lowest BCUT2D eigenvalue weighted by atomic mass is 9.96. The van der Waals surface area contributed by atoms with Crippen molar-refractivity contribution >= 4 is 11.8 Å². The lowest BCUT2D eigenvalue weighted by Gasteiger charge is -2.26. The number of aliphatic carboxylic acids is 1. The Morgan fingerprint density at radius 3 is 2.89 bits per heavy atom. The molecule has 0 spiro atoms. The molecule has 18 heavy (non-hydrogen) atoms. The van der Waals surface area contributed by atoms with E-state index in [0.717, 1.165) is 30.9 Å². The molecule has 0 unspecified atom stereocenters. The molecule has 1 aromatic heterocycles. The zero-order valence-corrected chi connectivity index (χ0v) is 10.7. The van der Waals surface area contributed by atoms with Gasteiger partial charge in [0.25, 0.3) is 0 Å². The highest BCUT2D eigenvalue weighted by Crippen LogP contribution is 2.26. The van der Waals surface area contributed by atoms with Crippen LogP contribution in [0.5, 0.6) is 0 Å². The van der Waals surface area contributed by atoms with E-state index in [1.807, 2.05) is 11.8 Å². The maximum Gasteiger partial charge on any atom is 0.305 e.